The van der Waals surface area contributed by atoms with Crippen LogP contribution in [0.5, 0.6) is 0 Å². The van der Waals surface area contributed by atoms with E-state index < -0.39 is 5.82 Å². The number of halogens is 2. The highest BCUT2D eigenvalue weighted by molar-refractivity contribution is 9.10. The molecule has 4 nitrogen and oxygen atoms in total. The molecule has 1 aliphatic rings. The van der Waals surface area contributed by atoms with Gasteiger partial charge in [0, 0.05) is 17.6 Å². The minimum Gasteiger partial charge on any atom is -0.377 e. The number of benzene rings is 1. The Morgan fingerprint density at radius 3 is 3.05 bits per heavy atom. The highest BCUT2D eigenvalue weighted by Crippen LogP contribution is 2.19. The summed E-state index contributed by atoms with van der Waals surface area (Å²) in [7, 11) is 0. The van der Waals surface area contributed by atoms with Gasteiger partial charge in [-0.2, -0.15) is 0 Å². The van der Waals surface area contributed by atoms with E-state index in [-0.39, 0.29) is 24.2 Å². The van der Waals surface area contributed by atoms with Gasteiger partial charge in [0.15, 0.2) is 0 Å². The van der Waals surface area contributed by atoms with Gasteiger partial charge in [0.25, 0.3) is 0 Å². The van der Waals surface area contributed by atoms with Crippen LogP contribution in [-0.2, 0) is 9.53 Å². The zero-order chi connectivity index (χ0) is 13.7. The average molecular weight is 331 g/mol. The number of rotatable bonds is 5. The maximum absolute atomic E-state index is 13.5. The van der Waals surface area contributed by atoms with Gasteiger partial charge >= 0.3 is 0 Å². The molecule has 1 fully saturated rings. The molecule has 0 aliphatic carbocycles. The number of ether oxygens (including phenoxy) is 1. The molecule has 0 bridgehead atoms. The van der Waals surface area contributed by atoms with Crippen LogP contribution in [0.2, 0.25) is 0 Å². The van der Waals surface area contributed by atoms with Gasteiger partial charge in [-0.25, -0.2) is 4.39 Å². The third-order valence-corrected chi connectivity index (χ3v) is 3.38. The summed E-state index contributed by atoms with van der Waals surface area (Å²) in [5.74, 6) is -0.721. The number of carbonyl (C=O) groups excluding carboxylic acids is 1. The maximum atomic E-state index is 13.5. The van der Waals surface area contributed by atoms with Crippen LogP contribution >= 0.6 is 15.9 Å². The number of anilines is 1. The minimum absolute atomic E-state index is 0.148. The van der Waals surface area contributed by atoms with Crippen molar-refractivity contribution >= 4 is 27.5 Å². The van der Waals surface area contributed by atoms with Crippen molar-refractivity contribution < 1.29 is 13.9 Å². The van der Waals surface area contributed by atoms with Crippen LogP contribution in [-0.4, -0.2) is 31.7 Å². The van der Waals surface area contributed by atoms with E-state index in [0.29, 0.717) is 11.0 Å². The van der Waals surface area contributed by atoms with E-state index in [1.165, 1.54) is 12.1 Å². The Bertz CT molecular complexity index is 450. The van der Waals surface area contributed by atoms with Gasteiger partial charge in [0.05, 0.1) is 18.3 Å². The molecule has 19 heavy (non-hydrogen) atoms. The van der Waals surface area contributed by atoms with Gasteiger partial charge in [-0.15, -0.1) is 0 Å². The van der Waals surface area contributed by atoms with Gasteiger partial charge in [0.1, 0.15) is 5.82 Å². The van der Waals surface area contributed by atoms with E-state index in [0.717, 1.165) is 19.4 Å². The fourth-order valence-corrected chi connectivity index (χ4v) is 2.27. The van der Waals surface area contributed by atoms with E-state index in [4.69, 9.17) is 4.74 Å². The smallest absolute Gasteiger partial charge is 0.238 e. The molecule has 1 atom stereocenters. The van der Waals surface area contributed by atoms with Crippen LogP contribution in [0.25, 0.3) is 0 Å². The monoisotopic (exact) mass is 330 g/mol. The second-order valence-corrected chi connectivity index (χ2v) is 5.35. The normalized spacial score (nSPS) is 18.5. The van der Waals surface area contributed by atoms with Gasteiger partial charge in [-0.1, -0.05) is 15.9 Å². The van der Waals surface area contributed by atoms with E-state index in [9.17, 15) is 9.18 Å². The number of carbonyl (C=O) groups is 1. The molecule has 1 heterocycles. The summed E-state index contributed by atoms with van der Waals surface area (Å²) in [5.41, 5.74) is 0.187. The molecule has 2 N–H and O–H groups in total. The second kappa shape index (κ2) is 6.98. The Morgan fingerprint density at radius 1 is 1.53 bits per heavy atom. The molecule has 6 heteroatoms. The highest BCUT2D eigenvalue weighted by Gasteiger charge is 2.15. The Balaban J connectivity index is 1.74. The van der Waals surface area contributed by atoms with E-state index in [1.807, 2.05) is 0 Å². The minimum atomic E-state index is -0.457. The standard InChI is InChI=1S/C13H16BrFN2O2/c14-9-3-4-12(11(15)6-9)17-13(18)8-16-7-10-2-1-5-19-10/h3-4,6,10,16H,1-2,5,7-8H2,(H,17,18). The SMILES string of the molecule is O=C(CNCC1CCCO1)Nc1ccc(Br)cc1F. The predicted octanol–water partition coefficient (Wildman–Crippen LogP) is 2.30. The molecule has 1 unspecified atom stereocenters. The average Bonchev–Trinajstić information content (AvgIpc) is 2.86. The Kier molecular flexibility index (Phi) is 5.30. The molecular formula is C13H16BrFN2O2. The summed E-state index contributed by atoms with van der Waals surface area (Å²) >= 11 is 3.16. The molecule has 1 saturated heterocycles. The lowest BCUT2D eigenvalue weighted by molar-refractivity contribution is -0.115. The Morgan fingerprint density at radius 2 is 2.37 bits per heavy atom. The number of amides is 1. The van der Waals surface area contributed by atoms with E-state index in [1.54, 1.807) is 6.07 Å². The van der Waals surface area contributed by atoms with Crippen molar-refractivity contribution in [3.05, 3.63) is 28.5 Å². The molecule has 0 radical (unpaired) electrons. The van der Waals surface area contributed by atoms with Gasteiger partial charge in [-0.05, 0) is 31.0 Å². The lowest BCUT2D eigenvalue weighted by Gasteiger charge is -2.11. The summed E-state index contributed by atoms with van der Waals surface area (Å²) in [4.78, 5) is 11.6. The maximum Gasteiger partial charge on any atom is 0.238 e. The molecule has 0 spiro atoms. The van der Waals surface area contributed by atoms with Crippen molar-refractivity contribution in [2.45, 2.75) is 18.9 Å². The fraction of sp³-hybridized carbons (Fsp3) is 0.462. The van der Waals surface area contributed by atoms with Crippen molar-refractivity contribution in [3.8, 4) is 0 Å². The first-order valence-electron chi connectivity index (χ1n) is 6.22. The summed E-state index contributed by atoms with van der Waals surface area (Å²) in [6.45, 7) is 1.59. The van der Waals surface area contributed by atoms with Gasteiger partial charge in [0.2, 0.25) is 5.91 Å². The topological polar surface area (TPSA) is 50.4 Å². The molecule has 104 valence electrons. The third kappa shape index (κ3) is 4.56. The van der Waals surface area contributed by atoms with Crippen molar-refractivity contribution in [3.63, 3.8) is 0 Å². The molecule has 2 rings (SSSR count). The molecule has 1 amide bonds. The largest absolute Gasteiger partial charge is 0.377 e. The molecular weight excluding hydrogens is 315 g/mol. The Labute approximate surface area is 119 Å². The van der Waals surface area contributed by atoms with Crippen molar-refractivity contribution in [2.75, 3.05) is 25.0 Å². The van der Waals surface area contributed by atoms with E-state index in [2.05, 4.69) is 26.6 Å². The zero-order valence-electron chi connectivity index (χ0n) is 10.4. The number of hydrogen-bond donors (Lipinski definition) is 2. The van der Waals surface area contributed by atoms with Gasteiger partial charge in [-0.3, -0.25) is 4.79 Å². The first-order valence-corrected chi connectivity index (χ1v) is 7.01. The predicted molar refractivity (Wildman–Crippen MR) is 74.6 cm³/mol. The summed E-state index contributed by atoms with van der Waals surface area (Å²) in [6, 6.07) is 4.52. The van der Waals surface area contributed by atoms with Crippen LogP contribution in [0, 0.1) is 5.82 Å². The van der Waals surface area contributed by atoms with Crippen LogP contribution in [0.3, 0.4) is 0 Å². The van der Waals surface area contributed by atoms with Crippen LogP contribution < -0.4 is 10.6 Å². The van der Waals surface area contributed by atoms with Crippen LogP contribution in [0.4, 0.5) is 10.1 Å². The summed E-state index contributed by atoms with van der Waals surface area (Å²) in [5, 5.41) is 5.53. The molecule has 1 aromatic rings. The quantitative estimate of drug-likeness (QED) is 0.870. The molecule has 0 saturated carbocycles. The van der Waals surface area contributed by atoms with E-state index >= 15 is 0 Å². The fourth-order valence-electron chi connectivity index (χ4n) is 1.94. The van der Waals surface area contributed by atoms with Crippen LogP contribution in [0.15, 0.2) is 22.7 Å². The van der Waals surface area contributed by atoms with Crippen molar-refractivity contribution in [1.82, 2.24) is 5.32 Å². The number of hydrogen-bond acceptors (Lipinski definition) is 3. The summed E-state index contributed by atoms with van der Waals surface area (Å²) in [6.07, 6.45) is 2.29. The third-order valence-electron chi connectivity index (χ3n) is 2.89. The molecule has 0 aromatic heterocycles. The number of nitrogens with one attached hydrogen (secondary N) is 2. The lowest BCUT2D eigenvalue weighted by atomic mass is 10.2. The summed E-state index contributed by atoms with van der Waals surface area (Å²) < 4.78 is 19.6. The Hall–Kier alpha value is -0.980. The molecule has 1 aliphatic heterocycles. The first kappa shape index (κ1) is 14.4. The van der Waals surface area contributed by atoms with Gasteiger partial charge < -0.3 is 15.4 Å². The first-order chi connectivity index (χ1) is 9.15. The second-order valence-electron chi connectivity index (χ2n) is 4.44. The zero-order valence-corrected chi connectivity index (χ0v) is 12.0. The van der Waals surface area contributed by atoms with Crippen molar-refractivity contribution in [1.29, 1.82) is 0 Å². The molecule has 1 aromatic carbocycles. The van der Waals surface area contributed by atoms with Crippen molar-refractivity contribution in [2.24, 2.45) is 0 Å². The van der Waals surface area contributed by atoms with Crippen LogP contribution in [0.1, 0.15) is 12.8 Å². The lowest BCUT2D eigenvalue weighted by Crippen LogP contribution is -2.33. The highest BCUT2D eigenvalue weighted by atomic mass is 79.9.